The number of carbonyl (C=O) groups excluding carboxylic acids is 1. The van der Waals surface area contributed by atoms with Gasteiger partial charge in [0.25, 0.3) is 5.91 Å². The molecule has 23 heavy (non-hydrogen) atoms. The summed E-state index contributed by atoms with van der Waals surface area (Å²) in [7, 11) is 0. The highest BCUT2D eigenvalue weighted by Gasteiger charge is 2.16. The van der Waals surface area contributed by atoms with E-state index in [1.165, 1.54) is 23.5 Å². The molecule has 0 atom stereocenters. The zero-order valence-corrected chi connectivity index (χ0v) is 15.1. The predicted octanol–water partition coefficient (Wildman–Crippen LogP) is 5.11. The van der Waals surface area contributed by atoms with E-state index in [4.69, 9.17) is 0 Å². The molecule has 1 aromatic heterocycles. The van der Waals surface area contributed by atoms with Gasteiger partial charge in [-0.05, 0) is 78.0 Å². The number of anilines is 1. The maximum Gasteiger partial charge on any atom is 0.267 e. The fraction of sp³-hybridized carbons (Fsp3) is 0.0588. The molecular weight excluding hydrogens is 426 g/mol. The summed E-state index contributed by atoms with van der Waals surface area (Å²) < 4.78 is 14.1. The van der Waals surface area contributed by atoms with Gasteiger partial charge in [-0.25, -0.2) is 9.37 Å². The Kier molecular flexibility index (Phi) is 4.72. The summed E-state index contributed by atoms with van der Waals surface area (Å²) in [4.78, 5) is 17.4. The van der Waals surface area contributed by atoms with Crippen molar-refractivity contribution < 1.29 is 9.18 Å². The van der Waals surface area contributed by atoms with Crippen molar-refractivity contribution in [3.05, 3.63) is 68.5 Å². The Bertz CT molecular complexity index is 844. The normalized spacial score (nSPS) is 10.6. The van der Waals surface area contributed by atoms with E-state index in [1.54, 1.807) is 19.1 Å². The van der Waals surface area contributed by atoms with Gasteiger partial charge in [-0.1, -0.05) is 0 Å². The monoisotopic (exact) mass is 438 g/mol. The molecule has 0 fully saturated rings. The lowest BCUT2D eigenvalue weighted by molar-refractivity contribution is 0.103. The number of hydrogen-bond donors (Lipinski definition) is 1. The fourth-order valence-electron chi connectivity index (χ4n) is 2.04. The molecule has 6 heteroatoms. The van der Waals surface area contributed by atoms with E-state index in [1.807, 2.05) is 24.3 Å². The third-order valence-corrected chi connectivity index (χ3v) is 5.12. The number of benzene rings is 2. The lowest BCUT2D eigenvalue weighted by Crippen LogP contribution is -2.11. The standard InChI is InChI=1S/C17H12FIN2OS/c1-10-15(16(22)21-14-8-6-13(19)7-9-14)23-17(20-10)11-2-4-12(18)5-3-11/h2-9H,1H3,(H,21,22). The molecule has 0 saturated heterocycles. The van der Waals surface area contributed by atoms with Crippen LogP contribution in [0.1, 0.15) is 15.4 Å². The molecule has 116 valence electrons. The minimum Gasteiger partial charge on any atom is -0.321 e. The molecule has 2 aromatic carbocycles. The molecule has 1 heterocycles. The van der Waals surface area contributed by atoms with Crippen LogP contribution in [0.15, 0.2) is 48.5 Å². The number of carbonyl (C=O) groups is 1. The number of halogens is 2. The number of nitrogens with zero attached hydrogens (tertiary/aromatic N) is 1. The average molecular weight is 438 g/mol. The quantitative estimate of drug-likeness (QED) is 0.578. The van der Waals surface area contributed by atoms with Gasteiger partial charge in [0.05, 0.1) is 5.69 Å². The first-order chi connectivity index (χ1) is 11.0. The number of hydrogen-bond acceptors (Lipinski definition) is 3. The molecule has 0 aliphatic rings. The van der Waals surface area contributed by atoms with Crippen LogP contribution in [0.3, 0.4) is 0 Å². The van der Waals surface area contributed by atoms with Gasteiger partial charge in [0.15, 0.2) is 0 Å². The maximum absolute atomic E-state index is 13.0. The van der Waals surface area contributed by atoms with Crippen molar-refractivity contribution in [2.24, 2.45) is 0 Å². The Morgan fingerprint density at radius 3 is 2.43 bits per heavy atom. The van der Waals surface area contributed by atoms with E-state index < -0.39 is 0 Å². The topological polar surface area (TPSA) is 42.0 Å². The molecule has 1 amide bonds. The molecule has 1 N–H and O–H groups in total. The molecule has 0 bridgehead atoms. The molecule has 0 saturated carbocycles. The second kappa shape index (κ2) is 6.76. The SMILES string of the molecule is Cc1nc(-c2ccc(F)cc2)sc1C(=O)Nc1ccc(I)cc1. The van der Waals surface area contributed by atoms with E-state index >= 15 is 0 Å². The molecule has 3 rings (SSSR count). The van der Waals surface area contributed by atoms with Crippen molar-refractivity contribution in [1.29, 1.82) is 0 Å². The first kappa shape index (κ1) is 16.1. The third kappa shape index (κ3) is 3.76. The first-order valence-corrected chi connectivity index (χ1v) is 8.73. The van der Waals surface area contributed by atoms with Gasteiger partial charge in [-0.2, -0.15) is 0 Å². The van der Waals surface area contributed by atoms with Gasteiger partial charge in [0, 0.05) is 14.8 Å². The van der Waals surface area contributed by atoms with Crippen LogP contribution >= 0.6 is 33.9 Å². The van der Waals surface area contributed by atoms with Crippen LogP contribution in [0.5, 0.6) is 0 Å². The maximum atomic E-state index is 13.0. The van der Waals surface area contributed by atoms with Gasteiger partial charge in [0.2, 0.25) is 0 Å². The molecule has 3 aromatic rings. The molecule has 0 aliphatic carbocycles. The summed E-state index contributed by atoms with van der Waals surface area (Å²) in [5.74, 6) is -0.478. The lowest BCUT2D eigenvalue weighted by Gasteiger charge is -2.03. The van der Waals surface area contributed by atoms with Gasteiger partial charge in [-0.15, -0.1) is 11.3 Å². The molecule has 0 unspecified atom stereocenters. The zero-order chi connectivity index (χ0) is 16.4. The van der Waals surface area contributed by atoms with Crippen LogP contribution < -0.4 is 5.32 Å². The Hall–Kier alpha value is -1.80. The van der Waals surface area contributed by atoms with Crippen molar-refractivity contribution in [2.45, 2.75) is 6.92 Å². The Morgan fingerprint density at radius 2 is 1.78 bits per heavy atom. The largest absolute Gasteiger partial charge is 0.321 e. The van der Waals surface area contributed by atoms with Crippen molar-refractivity contribution in [3.63, 3.8) is 0 Å². The molecule has 3 nitrogen and oxygen atoms in total. The highest BCUT2D eigenvalue weighted by atomic mass is 127. The van der Waals surface area contributed by atoms with Crippen LogP contribution in [-0.2, 0) is 0 Å². The number of aromatic nitrogens is 1. The highest BCUT2D eigenvalue weighted by Crippen LogP contribution is 2.28. The predicted molar refractivity (Wildman–Crippen MR) is 99.4 cm³/mol. The van der Waals surface area contributed by atoms with E-state index in [0.29, 0.717) is 15.6 Å². The van der Waals surface area contributed by atoms with Crippen molar-refractivity contribution in [3.8, 4) is 10.6 Å². The van der Waals surface area contributed by atoms with Crippen LogP contribution in [-0.4, -0.2) is 10.9 Å². The summed E-state index contributed by atoms with van der Waals surface area (Å²) in [6.45, 7) is 1.80. The summed E-state index contributed by atoms with van der Waals surface area (Å²) in [6, 6.07) is 13.7. The van der Waals surface area contributed by atoms with E-state index in [2.05, 4.69) is 32.9 Å². The van der Waals surface area contributed by atoms with Crippen molar-refractivity contribution in [1.82, 2.24) is 4.98 Å². The van der Waals surface area contributed by atoms with Gasteiger partial charge < -0.3 is 5.32 Å². The molecule has 0 spiro atoms. The second-order valence-electron chi connectivity index (χ2n) is 4.90. The van der Waals surface area contributed by atoms with E-state index in [-0.39, 0.29) is 11.7 Å². The number of aryl methyl sites for hydroxylation is 1. The van der Waals surface area contributed by atoms with Crippen LogP contribution in [0.2, 0.25) is 0 Å². The molecule has 0 radical (unpaired) electrons. The summed E-state index contributed by atoms with van der Waals surface area (Å²) in [5.41, 5.74) is 2.21. The van der Waals surface area contributed by atoms with E-state index in [9.17, 15) is 9.18 Å². The first-order valence-electron chi connectivity index (χ1n) is 6.83. The fourth-order valence-corrected chi connectivity index (χ4v) is 3.37. The smallest absolute Gasteiger partial charge is 0.267 e. The highest BCUT2D eigenvalue weighted by molar-refractivity contribution is 14.1. The van der Waals surface area contributed by atoms with Crippen LogP contribution in [0.25, 0.3) is 10.6 Å². The zero-order valence-electron chi connectivity index (χ0n) is 12.1. The number of rotatable bonds is 3. The van der Waals surface area contributed by atoms with Crippen molar-refractivity contribution >= 4 is 45.5 Å². The van der Waals surface area contributed by atoms with Crippen LogP contribution in [0, 0.1) is 16.3 Å². The summed E-state index contributed by atoms with van der Waals surface area (Å²) >= 11 is 3.51. The minimum atomic E-state index is -0.293. The summed E-state index contributed by atoms with van der Waals surface area (Å²) in [6.07, 6.45) is 0. The second-order valence-corrected chi connectivity index (χ2v) is 7.15. The van der Waals surface area contributed by atoms with Crippen molar-refractivity contribution in [2.75, 3.05) is 5.32 Å². The third-order valence-electron chi connectivity index (χ3n) is 3.20. The van der Waals surface area contributed by atoms with Gasteiger partial charge >= 0.3 is 0 Å². The molecular formula is C17H12FIN2OS. The van der Waals surface area contributed by atoms with Crippen LogP contribution in [0.4, 0.5) is 10.1 Å². The number of nitrogens with one attached hydrogen (secondary N) is 1. The average Bonchev–Trinajstić information content (AvgIpc) is 2.92. The minimum absolute atomic E-state index is 0.186. The number of thiazole rings is 1. The van der Waals surface area contributed by atoms with Gasteiger partial charge in [-0.3, -0.25) is 4.79 Å². The van der Waals surface area contributed by atoms with Gasteiger partial charge in [0.1, 0.15) is 15.7 Å². The Morgan fingerprint density at radius 1 is 1.13 bits per heavy atom. The lowest BCUT2D eigenvalue weighted by atomic mass is 10.2. The van der Waals surface area contributed by atoms with E-state index in [0.717, 1.165) is 14.8 Å². The molecule has 0 aliphatic heterocycles. The Labute approximate surface area is 150 Å². The summed E-state index contributed by atoms with van der Waals surface area (Å²) in [5, 5.41) is 3.57. The number of amides is 1. The Balaban J connectivity index is 1.84.